The number of carbonyl (C=O) groups is 2. The first-order valence-corrected chi connectivity index (χ1v) is 4.88. The zero-order valence-corrected chi connectivity index (χ0v) is 9.40. The summed E-state index contributed by atoms with van der Waals surface area (Å²) >= 11 is 0. The Hall–Kier alpha value is -1.34. The van der Waals surface area contributed by atoms with Crippen LogP contribution in [0.15, 0.2) is 0 Å². The lowest BCUT2D eigenvalue weighted by molar-refractivity contribution is -0.146. The molecule has 7 nitrogen and oxygen atoms in total. The Labute approximate surface area is 93.8 Å². The lowest BCUT2D eigenvalue weighted by Gasteiger charge is -2.13. The first kappa shape index (κ1) is 14.7. The van der Waals surface area contributed by atoms with Gasteiger partial charge in [-0.1, -0.05) is 6.92 Å². The highest BCUT2D eigenvalue weighted by molar-refractivity contribution is 5.76. The molecule has 0 aliphatic carbocycles. The molecular formula is C9H18N2O5. The predicted octanol–water partition coefficient (Wildman–Crippen LogP) is -0.986. The van der Waals surface area contributed by atoms with E-state index >= 15 is 0 Å². The summed E-state index contributed by atoms with van der Waals surface area (Å²) in [5, 5.41) is 22.0. The number of hydrogen-bond donors (Lipinski definition) is 4. The topological polar surface area (TPSA) is 108 Å². The summed E-state index contributed by atoms with van der Waals surface area (Å²) < 4.78 is 4.88. The molecule has 0 aromatic carbocycles. The van der Waals surface area contributed by atoms with Crippen molar-refractivity contribution < 1.29 is 24.5 Å². The maximum atomic E-state index is 11.1. The minimum absolute atomic E-state index is 0.167. The Balaban J connectivity index is 3.63. The van der Waals surface area contributed by atoms with Crippen molar-refractivity contribution in [3.05, 3.63) is 0 Å². The number of urea groups is 1. The van der Waals surface area contributed by atoms with E-state index in [4.69, 9.17) is 14.9 Å². The van der Waals surface area contributed by atoms with Crippen molar-refractivity contribution in [3.63, 3.8) is 0 Å². The Kier molecular flexibility index (Phi) is 7.23. The van der Waals surface area contributed by atoms with Crippen molar-refractivity contribution in [3.8, 4) is 0 Å². The summed E-state index contributed by atoms with van der Waals surface area (Å²) in [5.74, 6) is -1.20. The van der Waals surface area contributed by atoms with Crippen LogP contribution in [-0.2, 0) is 9.53 Å². The molecule has 0 aromatic rings. The summed E-state index contributed by atoms with van der Waals surface area (Å²) in [6.07, 6.45) is -1.58. The fourth-order valence-corrected chi connectivity index (χ4v) is 0.950. The average molecular weight is 234 g/mol. The van der Waals surface area contributed by atoms with Crippen LogP contribution < -0.4 is 10.6 Å². The Morgan fingerprint density at radius 1 is 1.31 bits per heavy atom. The first-order chi connectivity index (χ1) is 7.47. The van der Waals surface area contributed by atoms with Crippen LogP contribution in [0.2, 0.25) is 0 Å². The normalized spacial score (nSPS) is 13.9. The van der Waals surface area contributed by atoms with E-state index in [0.29, 0.717) is 13.2 Å². The number of aliphatic hydroxyl groups is 1. The van der Waals surface area contributed by atoms with E-state index < -0.39 is 18.1 Å². The van der Waals surface area contributed by atoms with Gasteiger partial charge < -0.3 is 25.6 Å². The van der Waals surface area contributed by atoms with Gasteiger partial charge in [0, 0.05) is 13.7 Å². The number of nitrogens with one attached hydrogen (secondary N) is 2. The van der Waals surface area contributed by atoms with E-state index in [1.54, 1.807) is 7.11 Å². The number of carboxylic acid groups (broad SMARTS) is 1. The first-order valence-electron chi connectivity index (χ1n) is 4.88. The van der Waals surface area contributed by atoms with Crippen LogP contribution in [0.5, 0.6) is 0 Å². The number of methoxy groups -OCH3 is 1. The second-order valence-corrected chi connectivity index (χ2v) is 3.51. The van der Waals surface area contributed by atoms with Gasteiger partial charge in [-0.15, -0.1) is 0 Å². The average Bonchev–Trinajstić information content (AvgIpc) is 2.23. The van der Waals surface area contributed by atoms with Gasteiger partial charge in [-0.25, -0.2) is 9.59 Å². The number of carboxylic acids is 1. The fourth-order valence-electron chi connectivity index (χ4n) is 0.950. The van der Waals surface area contributed by atoms with E-state index in [1.165, 1.54) is 0 Å². The van der Waals surface area contributed by atoms with Gasteiger partial charge in [0.25, 0.3) is 0 Å². The van der Waals surface area contributed by atoms with Crippen molar-refractivity contribution in [1.29, 1.82) is 0 Å². The number of rotatable bonds is 7. The molecule has 94 valence electrons. The second kappa shape index (κ2) is 7.89. The van der Waals surface area contributed by atoms with Gasteiger partial charge in [0.1, 0.15) is 0 Å². The van der Waals surface area contributed by atoms with Gasteiger partial charge in [-0.3, -0.25) is 0 Å². The number of ether oxygens (including phenoxy) is 1. The molecule has 7 heteroatoms. The van der Waals surface area contributed by atoms with Gasteiger partial charge >= 0.3 is 12.0 Å². The molecule has 0 rings (SSSR count). The van der Waals surface area contributed by atoms with E-state index in [9.17, 15) is 9.59 Å². The summed E-state index contributed by atoms with van der Waals surface area (Å²) in [4.78, 5) is 21.3. The fraction of sp³-hybridized carbons (Fsp3) is 0.778. The molecule has 0 heterocycles. The number of aliphatic hydroxyl groups excluding tert-OH is 1. The third kappa shape index (κ3) is 7.02. The predicted molar refractivity (Wildman–Crippen MR) is 56.1 cm³/mol. The monoisotopic (exact) mass is 234 g/mol. The summed E-state index contributed by atoms with van der Waals surface area (Å²) in [6, 6.07) is -0.511. The van der Waals surface area contributed by atoms with Crippen LogP contribution in [0.1, 0.15) is 6.92 Å². The van der Waals surface area contributed by atoms with Crippen molar-refractivity contribution in [1.82, 2.24) is 10.6 Å². The third-order valence-corrected chi connectivity index (χ3v) is 1.80. The molecule has 0 fully saturated rings. The molecule has 0 spiro atoms. The molecule has 2 amide bonds. The molecule has 2 atom stereocenters. The molecule has 0 radical (unpaired) electrons. The van der Waals surface area contributed by atoms with Crippen molar-refractivity contribution in [2.45, 2.75) is 13.0 Å². The highest BCUT2D eigenvalue weighted by Gasteiger charge is 2.14. The minimum Gasteiger partial charge on any atom is -0.479 e. The number of aliphatic carboxylic acids is 1. The molecule has 16 heavy (non-hydrogen) atoms. The van der Waals surface area contributed by atoms with Crippen molar-refractivity contribution in [2.75, 3.05) is 26.8 Å². The van der Waals surface area contributed by atoms with E-state index in [1.807, 2.05) is 6.92 Å². The molecule has 0 aromatic heterocycles. The lowest BCUT2D eigenvalue weighted by atomic mass is 10.2. The molecule has 0 aliphatic heterocycles. The molecule has 0 bridgehead atoms. The molecule has 0 saturated heterocycles. The molecule has 0 aliphatic rings. The third-order valence-electron chi connectivity index (χ3n) is 1.80. The van der Waals surface area contributed by atoms with E-state index in [-0.39, 0.29) is 12.5 Å². The number of hydrogen-bond acceptors (Lipinski definition) is 4. The highest BCUT2D eigenvalue weighted by atomic mass is 16.5. The molecular weight excluding hydrogens is 216 g/mol. The van der Waals surface area contributed by atoms with E-state index in [0.717, 1.165) is 0 Å². The highest BCUT2D eigenvalue weighted by Crippen LogP contribution is 1.91. The van der Waals surface area contributed by atoms with Gasteiger partial charge in [-0.2, -0.15) is 0 Å². The lowest BCUT2D eigenvalue weighted by Crippen LogP contribution is -2.43. The standard InChI is InChI=1S/C9H18N2O5/c1-6(5-16-2)3-10-9(15)11-4-7(12)8(13)14/h6-7,12H,3-5H2,1-2H3,(H,13,14)(H2,10,11,15)/t6?,7-/m0/s1. The zero-order chi connectivity index (χ0) is 12.6. The Bertz CT molecular complexity index is 234. The van der Waals surface area contributed by atoms with Crippen LogP contribution >= 0.6 is 0 Å². The number of carbonyl (C=O) groups excluding carboxylic acids is 1. The summed E-state index contributed by atoms with van der Waals surface area (Å²) in [5.41, 5.74) is 0. The Morgan fingerprint density at radius 3 is 2.38 bits per heavy atom. The maximum absolute atomic E-state index is 11.1. The zero-order valence-electron chi connectivity index (χ0n) is 9.40. The smallest absolute Gasteiger partial charge is 0.334 e. The minimum atomic E-state index is -1.58. The molecule has 0 saturated carbocycles. The van der Waals surface area contributed by atoms with Gasteiger partial charge in [0.05, 0.1) is 13.2 Å². The molecule has 4 N–H and O–H groups in total. The maximum Gasteiger partial charge on any atom is 0.334 e. The summed E-state index contributed by atoms with van der Waals surface area (Å²) in [6.45, 7) is 2.52. The number of amides is 2. The SMILES string of the molecule is COCC(C)CNC(=O)NC[C@H](O)C(=O)O. The van der Waals surface area contributed by atoms with Crippen LogP contribution in [0.4, 0.5) is 4.79 Å². The van der Waals surface area contributed by atoms with Crippen LogP contribution in [0.25, 0.3) is 0 Å². The molecule has 1 unspecified atom stereocenters. The second-order valence-electron chi connectivity index (χ2n) is 3.51. The van der Waals surface area contributed by atoms with Crippen molar-refractivity contribution >= 4 is 12.0 Å². The largest absolute Gasteiger partial charge is 0.479 e. The summed E-state index contributed by atoms with van der Waals surface area (Å²) in [7, 11) is 1.57. The van der Waals surface area contributed by atoms with Gasteiger partial charge in [0.2, 0.25) is 0 Å². The van der Waals surface area contributed by atoms with Crippen LogP contribution in [0, 0.1) is 5.92 Å². The van der Waals surface area contributed by atoms with Crippen LogP contribution in [-0.4, -0.2) is 55.1 Å². The van der Waals surface area contributed by atoms with Crippen molar-refractivity contribution in [2.24, 2.45) is 5.92 Å². The Morgan fingerprint density at radius 2 is 1.88 bits per heavy atom. The van der Waals surface area contributed by atoms with E-state index in [2.05, 4.69) is 10.6 Å². The van der Waals surface area contributed by atoms with Gasteiger partial charge in [-0.05, 0) is 5.92 Å². The quantitative estimate of drug-likeness (QED) is 0.452. The van der Waals surface area contributed by atoms with Gasteiger partial charge in [0.15, 0.2) is 6.10 Å². The van der Waals surface area contributed by atoms with Crippen LogP contribution in [0.3, 0.4) is 0 Å².